The predicted molar refractivity (Wildman–Crippen MR) is 71.5 cm³/mol. The molecule has 18 heavy (non-hydrogen) atoms. The lowest BCUT2D eigenvalue weighted by Crippen LogP contribution is -2.35. The lowest BCUT2D eigenvalue weighted by molar-refractivity contribution is 0.0680. The third kappa shape index (κ3) is 2.82. The van der Waals surface area contributed by atoms with Crippen molar-refractivity contribution in [3.8, 4) is 0 Å². The lowest BCUT2D eigenvalue weighted by atomic mass is 10.1. The maximum absolute atomic E-state index is 12.4. The molecule has 2 N–H and O–H groups in total. The van der Waals surface area contributed by atoms with Gasteiger partial charge >= 0.3 is 0 Å². The molecule has 1 saturated carbocycles. The Hall–Kier alpha value is -1.55. The standard InChI is InChI=1S/C14H20N2O2/c1-10-9-11(3-6-13(10)15)14(17)16(7-8-18-2)12-4-5-12/h3,6,9,12H,4-5,7-8,15H2,1-2H3. The number of anilines is 1. The Kier molecular flexibility index (Phi) is 3.87. The molecular formula is C14H20N2O2. The first kappa shape index (κ1) is 12.9. The Labute approximate surface area is 108 Å². The van der Waals surface area contributed by atoms with E-state index in [1.54, 1.807) is 19.2 Å². The van der Waals surface area contributed by atoms with Crippen LogP contribution < -0.4 is 5.73 Å². The molecule has 1 aliphatic carbocycles. The number of aryl methyl sites for hydroxylation is 1. The normalized spacial score (nSPS) is 14.6. The van der Waals surface area contributed by atoms with Gasteiger partial charge in [0.15, 0.2) is 0 Å². The summed E-state index contributed by atoms with van der Waals surface area (Å²) in [7, 11) is 1.66. The highest BCUT2D eigenvalue weighted by Gasteiger charge is 2.32. The molecule has 4 heteroatoms. The van der Waals surface area contributed by atoms with Crippen molar-refractivity contribution in [3.05, 3.63) is 29.3 Å². The van der Waals surface area contributed by atoms with Crippen molar-refractivity contribution in [2.75, 3.05) is 26.0 Å². The van der Waals surface area contributed by atoms with E-state index in [2.05, 4.69) is 0 Å². The van der Waals surface area contributed by atoms with Crippen molar-refractivity contribution < 1.29 is 9.53 Å². The van der Waals surface area contributed by atoms with Gasteiger partial charge in [-0.2, -0.15) is 0 Å². The van der Waals surface area contributed by atoms with Gasteiger partial charge in [-0.3, -0.25) is 4.79 Å². The highest BCUT2D eigenvalue weighted by Crippen LogP contribution is 2.28. The van der Waals surface area contributed by atoms with Crippen molar-refractivity contribution in [3.63, 3.8) is 0 Å². The quantitative estimate of drug-likeness (QED) is 0.809. The van der Waals surface area contributed by atoms with E-state index in [0.717, 1.165) is 24.1 Å². The minimum Gasteiger partial charge on any atom is -0.399 e. The summed E-state index contributed by atoms with van der Waals surface area (Å²) >= 11 is 0. The van der Waals surface area contributed by atoms with Crippen LogP contribution in [0.2, 0.25) is 0 Å². The third-order valence-electron chi connectivity index (χ3n) is 3.30. The average molecular weight is 248 g/mol. The molecule has 2 rings (SSSR count). The van der Waals surface area contributed by atoms with Gasteiger partial charge in [-0.05, 0) is 43.5 Å². The summed E-state index contributed by atoms with van der Waals surface area (Å²) in [6.45, 7) is 3.16. The van der Waals surface area contributed by atoms with Crippen molar-refractivity contribution in [1.29, 1.82) is 0 Å². The largest absolute Gasteiger partial charge is 0.399 e. The fraction of sp³-hybridized carbons (Fsp3) is 0.500. The second-order valence-electron chi connectivity index (χ2n) is 4.79. The van der Waals surface area contributed by atoms with Crippen molar-refractivity contribution in [2.45, 2.75) is 25.8 Å². The van der Waals surface area contributed by atoms with Gasteiger partial charge in [-0.25, -0.2) is 0 Å². The molecule has 1 aliphatic rings. The molecule has 4 nitrogen and oxygen atoms in total. The SMILES string of the molecule is COCCN(C(=O)c1ccc(N)c(C)c1)C1CC1. The summed E-state index contributed by atoms with van der Waals surface area (Å²) in [5.74, 6) is 0.0812. The van der Waals surface area contributed by atoms with E-state index in [1.165, 1.54) is 0 Å². The summed E-state index contributed by atoms with van der Waals surface area (Å²) in [6, 6.07) is 5.85. The fourth-order valence-corrected chi connectivity index (χ4v) is 2.00. The zero-order valence-corrected chi connectivity index (χ0v) is 11.0. The van der Waals surface area contributed by atoms with Crippen molar-refractivity contribution in [1.82, 2.24) is 4.90 Å². The number of ether oxygens (including phenoxy) is 1. The first-order valence-corrected chi connectivity index (χ1v) is 6.29. The van der Waals surface area contributed by atoms with Gasteiger partial charge in [0.2, 0.25) is 0 Å². The molecule has 0 aromatic heterocycles. The van der Waals surface area contributed by atoms with E-state index in [4.69, 9.17) is 10.5 Å². The number of carbonyl (C=O) groups is 1. The smallest absolute Gasteiger partial charge is 0.254 e. The van der Waals surface area contributed by atoms with Crippen molar-refractivity contribution >= 4 is 11.6 Å². The predicted octanol–water partition coefficient (Wildman–Crippen LogP) is 1.83. The van der Waals surface area contributed by atoms with Crippen LogP contribution in [0.3, 0.4) is 0 Å². The van der Waals surface area contributed by atoms with E-state index in [-0.39, 0.29) is 5.91 Å². The van der Waals surface area contributed by atoms with Crippen LogP contribution >= 0.6 is 0 Å². The molecule has 1 aromatic rings. The third-order valence-corrected chi connectivity index (χ3v) is 3.30. The number of nitrogen functional groups attached to an aromatic ring is 1. The molecule has 0 saturated heterocycles. The van der Waals surface area contributed by atoms with Crippen LogP contribution in [-0.2, 0) is 4.74 Å². The number of carbonyl (C=O) groups excluding carboxylic acids is 1. The number of hydrogen-bond donors (Lipinski definition) is 1. The molecule has 1 fully saturated rings. The summed E-state index contributed by atoms with van der Waals surface area (Å²) in [5.41, 5.74) is 8.16. The Morgan fingerprint density at radius 1 is 1.50 bits per heavy atom. The number of amides is 1. The fourth-order valence-electron chi connectivity index (χ4n) is 2.00. The first-order chi connectivity index (χ1) is 8.63. The van der Waals surface area contributed by atoms with Gasteiger partial charge in [0.05, 0.1) is 6.61 Å². The van der Waals surface area contributed by atoms with Crippen LogP contribution in [-0.4, -0.2) is 37.1 Å². The molecule has 0 atom stereocenters. The molecule has 1 amide bonds. The zero-order valence-electron chi connectivity index (χ0n) is 11.0. The summed E-state index contributed by atoms with van der Waals surface area (Å²) in [4.78, 5) is 14.3. The lowest BCUT2D eigenvalue weighted by Gasteiger charge is -2.22. The minimum atomic E-state index is 0.0812. The minimum absolute atomic E-state index is 0.0812. The second kappa shape index (κ2) is 5.40. The molecular weight excluding hydrogens is 228 g/mol. The van der Waals surface area contributed by atoms with Crippen LogP contribution in [0.5, 0.6) is 0 Å². The van der Waals surface area contributed by atoms with Crippen molar-refractivity contribution in [2.24, 2.45) is 0 Å². The number of methoxy groups -OCH3 is 1. The van der Waals surface area contributed by atoms with Crippen LogP contribution in [0.15, 0.2) is 18.2 Å². The van der Waals surface area contributed by atoms with E-state index < -0.39 is 0 Å². The van der Waals surface area contributed by atoms with E-state index in [9.17, 15) is 4.79 Å². The van der Waals surface area contributed by atoms with Gasteiger partial charge in [0.1, 0.15) is 0 Å². The van der Waals surface area contributed by atoms with Gasteiger partial charge in [0, 0.05) is 30.9 Å². The van der Waals surface area contributed by atoms with Crippen LogP contribution in [0.4, 0.5) is 5.69 Å². The van der Waals surface area contributed by atoms with Gasteiger partial charge in [-0.15, -0.1) is 0 Å². The van der Waals surface area contributed by atoms with Crippen LogP contribution in [0.1, 0.15) is 28.8 Å². The topological polar surface area (TPSA) is 55.6 Å². The van der Waals surface area contributed by atoms with Gasteiger partial charge in [0.25, 0.3) is 5.91 Å². The van der Waals surface area contributed by atoms with Gasteiger partial charge < -0.3 is 15.4 Å². The second-order valence-corrected chi connectivity index (χ2v) is 4.79. The van der Waals surface area contributed by atoms with E-state index in [1.807, 2.05) is 17.9 Å². The molecule has 0 aliphatic heterocycles. The monoisotopic (exact) mass is 248 g/mol. The Bertz CT molecular complexity index is 441. The molecule has 1 aromatic carbocycles. The summed E-state index contributed by atoms with van der Waals surface area (Å²) in [6.07, 6.45) is 2.20. The number of hydrogen-bond acceptors (Lipinski definition) is 3. The Morgan fingerprint density at radius 3 is 2.78 bits per heavy atom. The molecule has 0 spiro atoms. The van der Waals surface area contributed by atoms with Crippen LogP contribution in [0, 0.1) is 6.92 Å². The van der Waals surface area contributed by atoms with Gasteiger partial charge in [-0.1, -0.05) is 0 Å². The zero-order chi connectivity index (χ0) is 13.1. The van der Waals surface area contributed by atoms with E-state index >= 15 is 0 Å². The van der Waals surface area contributed by atoms with E-state index in [0.29, 0.717) is 24.8 Å². The summed E-state index contributed by atoms with van der Waals surface area (Å²) in [5, 5.41) is 0. The maximum Gasteiger partial charge on any atom is 0.254 e. The average Bonchev–Trinajstić information content (AvgIpc) is 3.17. The van der Waals surface area contributed by atoms with Crippen LogP contribution in [0.25, 0.3) is 0 Å². The number of benzene rings is 1. The highest BCUT2D eigenvalue weighted by atomic mass is 16.5. The molecule has 0 unspecified atom stereocenters. The maximum atomic E-state index is 12.4. The molecule has 0 bridgehead atoms. The summed E-state index contributed by atoms with van der Waals surface area (Å²) < 4.78 is 5.07. The Balaban J connectivity index is 2.13. The molecule has 0 heterocycles. The number of rotatable bonds is 5. The first-order valence-electron chi connectivity index (χ1n) is 6.29. The number of nitrogens with zero attached hydrogens (tertiary/aromatic N) is 1. The molecule has 0 radical (unpaired) electrons. The Morgan fingerprint density at radius 2 is 2.22 bits per heavy atom. The highest BCUT2D eigenvalue weighted by molar-refractivity contribution is 5.95. The molecule has 98 valence electrons. The number of nitrogens with two attached hydrogens (primary N) is 1.